The maximum Gasteiger partial charge on any atom is 0.162 e. The van der Waals surface area contributed by atoms with Gasteiger partial charge >= 0.3 is 0 Å². The van der Waals surface area contributed by atoms with E-state index >= 15 is 0 Å². The molecule has 0 aliphatic rings. The lowest BCUT2D eigenvalue weighted by Gasteiger charge is -2.14. The van der Waals surface area contributed by atoms with Crippen LogP contribution >= 0.6 is 11.6 Å². The Hall–Kier alpha value is -2.27. The second-order valence-corrected chi connectivity index (χ2v) is 4.68. The van der Waals surface area contributed by atoms with Crippen LogP contribution in [0.4, 0.5) is 17.1 Å². The van der Waals surface area contributed by atoms with Crippen LogP contribution in [0.25, 0.3) is 0 Å². The van der Waals surface area contributed by atoms with Crippen molar-refractivity contribution in [2.45, 2.75) is 0 Å². The molecule has 0 fully saturated rings. The largest absolute Gasteiger partial charge is 0.495 e. The van der Waals surface area contributed by atoms with Crippen molar-refractivity contribution >= 4 is 28.7 Å². The molecule has 0 heterocycles. The zero-order valence-corrected chi connectivity index (χ0v) is 12.8. The van der Waals surface area contributed by atoms with Crippen molar-refractivity contribution in [2.75, 3.05) is 32.4 Å². The first-order valence-corrected chi connectivity index (χ1v) is 6.59. The predicted molar refractivity (Wildman–Crippen MR) is 85.2 cm³/mol. The summed E-state index contributed by atoms with van der Waals surface area (Å²) in [6.07, 6.45) is 0. The van der Waals surface area contributed by atoms with Crippen LogP contribution in [0.2, 0.25) is 5.02 Å². The monoisotopic (exact) mass is 308 g/mol. The summed E-state index contributed by atoms with van der Waals surface area (Å²) >= 11 is 6.10. The van der Waals surface area contributed by atoms with E-state index in [9.17, 15) is 0 Å². The molecular formula is C15H17ClN2O3. The molecule has 0 aliphatic heterocycles. The van der Waals surface area contributed by atoms with Gasteiger partial charge in [0.15, 0.2) is 11.5 Å². The number of nitrogen functional groups attached to an aromatic ring is 1. The lowest BCUT2D eigenvalue weighted by Crippen LogP contribution is -1.99. The number of methoxy groups -OCH3 is 3. The van der Waals surface area contributed by atoms with Crippen LogP contribution < -0.4 is 25.3 Å². The molecule has 0 radical (unpaired) electrons. The first kappa shape index (κ1) is 15.1. The molecule has 2 aromatic rings. The van der Waals surface area contributed by atoms with E-state index in [1.54, 1.807) is 45.6 Å². The number of rotatable bonds is 5. The van der Waals surface area contributed by atoms with Gasteiger partial charge in [-0.05, 0) is 18.2 Å². The number of anilines is 3. The van der Waals surface area contributed by atoms with Crippen LogP contribution in [0.1, 0.15) is 0 Å². The van der Waals surface area contributed by atoms with Gasteiger partial charge in [0.05, 0.1) is 37.7 Å². The van der Waals surface area contributed by atoms with E-state index < -0.39 is 0 Å². The van der Waals surface area contributed by atoms with Crippen LogP contribution in [0.5, 0.6) is 17.2 Å². The van der Waals surface area contributed by atoms with Crippen LogP contribution in [-0.2, 0) is 0 Å². The van der Waals surface area contributed by atoms with Gasteiger partial charge in [0.25, 0.3) is 0 Å². The molecule has 21 heavy (non-hydrogen) atoms. The number of hydrogen-bond donors (Lipinski definition) is 2. The average Bonchev–Trinajstić information content (AvgIpc) is 2.49. The first-order chi connectivity index (χ1) is 10.1. The molecule has 0 bridgehead atoms. The fourth-order valence-corrected chi connectivity index (χ4v) is 2.16. The second kappa shape index (κ2) is 6.45. The molecule has 5 nitrogen and oxygen atoms in total. The van der Waals surface area contributed by atoms with Crippen molar-refractivity contribution in [1.82, 2.24) is 0 Å². The molecule has 0 amide bonds. The molecule has 3 N–H and O–H groups in total. The highest BCUT2D eigenvalue weighted by Crippen LogP contribution is 2.37. The SMILES string of the molecule is COc1ccc(Nc2cc(OC)c(OC)cc2N)cc1Cl. The Kier molecular flexibility index (Phi) is 4.65. The van der Waals surface area contributed by atoms with Gasteiger partial charge in [-0.1, -0.05) is 11.6 Å². The summed E-state index contributed by atoms with van der Waals surface area (Å²) in [5, 5.41) is 3.71. The Morgan fingerprint density at radius 1 is 0.905 bits per heavy atom. The van der Waals surface area contributed by atoms with Crippen LogP contribution in [-0.4, -0.2) is 21.3 Å². The molecule has 2 rings (SSSR count). The number of ether oxygens (including phenoxy) is 3. The predicted octanol–water partition coefficient (Wildman–Crippen LogP) is 3.69. The van der Waals surface area contributed by atoms with Gasteiger partial charge in [-0.2, -0.15) is 0 Å². The minimum atomic E-state index is 0.515. The average molecular weight is 309 g/mol. The van der Waals surface area contributed by atoms with Gasteiger partial charge in [-0.25, -0.2) is 0 Å². The smallest absolute Gasteiger partial charge is 0.162 e. The zero-order valence-electron chi connectivity index (χ0n) is 12.1. The molecule has 0 atom stereocenters. The molecule has 0 saturated carbocycles. The molecule has 0 unspecified atom stereocenters. The lowest BCUT2D eigenvalue weighted by atomic mass is 10.2. The number of halogens is 1. The highest BCUT2D eigenvalue weighted by atomic mass is 35.5. The van der Waals surface area contributed by atoms with E-state index in [0.717, 1.165) is 5.69 Å². The van der Waals surface area contributed by atoms with Crippen molar-refractivity contribution in [3.05, 3.63) is 35.4 Å². The molecule has 112 valence electrons. The number of nitrogens with one attached hydrogen (secondary N) is 1. The zero-order chi connectivity index (χ0) is 15.4. The summed E-state index contributed by atoms with van der Waals surface area (Å²) < 4.78 is 15.6. The van der Waals surface area contributed by atoms with Gasteiger partial charge in [0, 0.05) is 17.8 Å². The minimum Gasteiger partial charge on any atom is -0.495 e. The number of benzene rings is 2. The Balaban J connectivity index is 2.33. The Bertz CT molecular complexity index is 647. The number of nitrogens with two attached hydrogens (primary N) is 1. The molecule has 0 spiro atoms. The second-order valence-electron chi connectivity index (χ2n) is 4.27. The van der Waals surface area contributed by atoms with Gasteiger partial charge in [0.1, 0.15) is 5.75 Å². The molecule has 2 aromatic carbocycles. The summed E-state index contributed by atoms with van der Waals surface area (Å²) in [4.78, 5) is 0. The maximum atomic E-state index is 6.10. The van der Waals surface area contributed by atoms with Gasteiger partial charge in [0.2, 0.25) is 0 Å². The van der Waals surface area contributed by atoms with Crippen molar-refractivity contribution in [1.29, 1.82) is 0 Å². The van der Waals surface area contributed by atoms with E-state index in [1.807, 2.05) is 6.07 Å². The van der Waals surface area contributed by atoms with Crippen molar-refractivity contribution in [2.24, 2.45) is 0 Å². The van der Waals surface area contributed by atoms with Crippen molar-refractivity contribution in [3.8, 4) is 17.2 Å². The maximum absolute atomic E-state index is 6.10. The van der Waals surface area contributed by atoms with Gasteiger partial charge in [-0.3, -0.25) is 0 Å². The number of hydrogen-bond acceptors (Lipinski definition) is 5. The summed E-state index contributed by atoms with van der Waals surface area (Å²) in [5.74, 6) is 1.78. The lowest BCUT2D eigenvalue weighted by molar-refractivity contribution is 0.355. The molecule has 6 heteroatoms. The standard InChI is InChI=1S/C15H17ClN2O3/c1-19-13-5-4-9(6-10(13)16)18-12-8-15(21-3)14(20-2)7-11(12)17/h4-8,18H,17H2,1-3H3. The Morgan fingerprint density at radius 2 is 1.52 bits per heavy atom. The Labute approximate surface area is 128 Å². The minimum absolute atomic E-state index is 0.515. The Morgan fingerprint density at radius 3 is 2.10 bits per heavy atom. The third kappa shape index (κ3) is 3.25. The van der Waals surface area contributed by atoms with Gasteiger partial charge in [-0.15, -0.1) is 0 Å². The quantitative estimate of drug-likeness (QED) is 0.825. The van der Waals surface area contributed by atoms with E-state index in [4.69, 9.17) is 31.5 Å². The fourth-order valence-electron chi connectivity index (χ4n) is 1.90. The van der Waals surface area contributed by atoms with E-state index in [-0.39, 0.29) is 0 Å². The molecule has 0 saturated heterocycles. The molecule has 0 aromatic heterocycles. The van der Waals surface area contributed by atoms with Crippen molar-refractivity contribution < 1.29 is 14.2 Å². The van der Waals surface area contributed by atoms with E-state index in [1.165, 1.54) is 0 Å². The highest BCUT2D eigenvalue weighted by molar-refractivity contribution is 6.32. The molecular weight excluding hydrogens is 292 g/mol. The molecule has 0 aliphatic carbocycles. The summed E-state index contributed by atoms with van der Waals surface area (Å²) in [6, 6.07) is 8.86. The van der Waals surface area contributed by atoms with E-state index in [2.05, 4.69) is 5.32 Å². The summed E-state index contributed by atoms with van der Waals surface area (Å²) in [5.41, 5.74) is 8.04. The van der Waals surface area contributed by atoms with Crippen LogP contribution in [0, 0.1) is 0 Å². The van der Waals surface area contributed by atoms with Crippen molar-refractivity contribution in [3.63, 3.8) is 0 Å². The highest BCUT2D eigenvalue weighted by Gasteiger charge is 2.10. The topological polar surface area (TPSA) is 65.7 Å². The summed E-state index contributed by atoms with van der Waals surface area (Å²) in [7, 11) is 4.70. The normalized spacial score (nSPS) is 10.1. The van der Waals surface area contributed by atoms with Crippen LogP contribution in [0.3, 0.4) is 0 Å². The van der Waals surface area contributed by atoms with E-state index in [0.29, 0.717) is 33.6 Å². The fraction of sp³-hybridized carbons (Fsp3) is 0.200. The summed E-state index contributed by atoms with van der Waals surface area (Å²) in [6.45, 7) is 0. The first-order valence-electron chi connectivity index (χ1n) is 6.21. The third-order valence-electron chi connectivity index (χ3n) is 2.99. The van der Waals surface area contributed by atoms with Gasteiger partial charge < -0.3 is 25.3 Å². The third-order valence-corrected chi connectivity index (χ3v) is 3.28. The van der Waals surface area contributed by atoms with Crippen LogP contribution in [0.15, 0.2) is 30.3 Å².